The quantitative estimate of drug-likeness (QED) is 0.743. The number of nitrogens with one attached hydrogen (secondary N) is 1. The van der Waals surface area contributed by atoms with Crippen LogP contribution >= 0.6 is 15.9 Å². The Hall–Kier alpha value is -1.86. The molecule has 0 fully saturated rings. The van der Waals surface area contributed by atoms with Crippen molar-refractivity contribution in [1.29, 1.82) is 0 Å². The Kier molecular flexibility index (Phi) is 3.92. The molecule has 0 unspecified atom stereocenters. The molecule has 0 radical (unpaired) electrons. The van der Waals surface area contributed by atoms with Gasteiger partial charge in [0.05, 0.1) is 10.6 Å². The zero-order valence-electron chi connectivity index (χ0n) is 11.7. The zero-order chi connectivity index (χ0) is 15.7. The van der Waals surface area contributed by atoms with Gasteiger partial charge in [0.2, 0.25) is 0 Å². The van der Waals surface area contributed by atoms with Gasteiger partial charge in [-0.25, -0.2) is 13.1 Å². The zero-order valence-corrected chi connectivity index (χ0v) is 14.1. The van der Waals surface area contributed by atoms with E-state index in [1.807, 2.05) is 25.1 Å². The third-order valence-electron chi connectivity index (χ3n) is 3.30. The highest BCUT2D eigenvalue weighted by atomic mass is 79.9. The molecule has 0 aliphatic rings. The lowest BCUT2D eigenvalue weighted by molar-refractivity contribution is 0.427. The van der Waals surface area contributed by atoms with Gasteiger partial charge in [-0.2, -0.15) is 0 Å². The molecule has 3 aromatic rings. The van der Waals surface area contributed by atoms with Gasteiger partial charge in [-0.05, 0) is 33.8 Å². The summed E-state index contributed by atoms with van der Waals surface area (Å²) >= 11 is 3.30. The fourth-order valence-electron chi connectivity index (χ4n) is 2.20. The molecule has 0 aliphatic heterocycles. The summed E-state index contributed by atoms with van der Waals surface area (Å²) in [4.78, 5) is 0.201. The highest BCUT2D eigenvalue weighted by Gasteiger charge is 2.22. The first-order valence-corrected chi connectivity index (χ1v) is 8.95. The van der Waals surface area contributed by atoms with E-state index in [1.54, 1.807) is 24.3 Å². The molecule has 1 aromatic heterocycles. The van der Waals surface area contributed by atoms with Crippen LogP contribution in [0.2, 0.25) is 0 Å². The van der Waals surface area contributed by atoms with Gasteiger partial charge in [-0.3, -0.25) is 0 Å². The molecule has 0 saturated carbocycles. The van der Waals surface area contributed by atoms with E-state index in [-0.39, 0.29) is 10.8 Å². The fourth-order valence-corrected chi connectivity index (χ4v) is 4.08. The summed E-state index contributed by atoms with van der Waals surface area (Å²) < 4.78 is 33.3. The lowest BCUT2D eigenvalue weighted by Crippen LogP contribution is -2.13. The van der Waals surface area contributed by atoms with E-state index in [0.29, 0.717) is 22.0 Å². The number of aromatic nitrogens is 1. The summed E-state index contributed by atoms with van der Waals surface area (Å²) in [6.07, 6.45) is 0.639. The smallest absolute Gasteiger partial charge is 0.264 e. The third-order valence-corrected chi connectivity index (χ3v) is 5.51. The molecule has 114 valence electrons. The van der Waals surface area contributed by atoms with Crippen LogP contribution in [0.3, 0.4) is 0 Å². The molecule has 0 saturated heterocycles. The standard InChI is InChI=1S/C15H13BrN2O3S/c1-2-12-14(16)15(21-17-12)18-22(19,20)13-9-5-7-10-6-3-4-8-11(10)13/h3-9,18H,2H2,1H3. The first kappa shape index (κ1) is 15.1. The summed E-state index contributed by atoms with van der Waals surface area (Å²) in [6, 6.07) is 12.5. The Balaban J connectivity index is 2.07. The van der Waals surface area contributed by atoms with Crippen LogP contribution in [0.25, 0.3) is 10.8 Å². The number of aryl methyl sites for hydroxylation is 1. The Morgan fingerprint density at radius 3 is 2.64 bits per heavy atom. The van der Waals surface area contributed by atoms with Crippen LogP contribution in [0.4, 0.5) is 5.88 Å². The topological polar surface area (TPSA) is 72.2 Å². The number of anilines is 1. The molecule has 0 bridgehead atoms. The van der Waals surface area contributed by atoms with E-state index in [1.165, 1.54) is 0 Å². The van der Waals surface area contributed by atoms with Crippen LogP contribution in [-0.4, -0.2) is 13.6 Å². The maximum absolute atomic E-state index is 12.6. The second kappa shape index (κ2) is 5.73. The van der Waals surface area contributed by atoms with Gasteiger partial charge in [0.15, 0.2) is 0 Å². The Bertz CT molecular complexity index is 930. The van der Waals surface area contributed by atoms with Gasteiger partial charge in [0.25, 0.3) is 15.9 Å². The average molecular weight is 381 g/mol. The number of hydrogen-bond donors (Lipinski definition) is 1. The molecule has 7 heteroatoms. The van der Waals surface area contributed by atoms with E-state index in [0.717, 1.165) is 5.39 Å². The predicted octanol–water partition coefficient (Wildman–Crippen LogP) is 3.95. The minimum Gasteiger partial charge on any atom is -0.336 e. The Morgan fingerprint density at radius 2 is 1.91 bits per heavy atom. The van der Waals surface area contributed by atoms with Crippen LogP contribution in [0.1, 0.15) is 12.6 Å². The van der Waals surface area contributed by atoms with E-state index in [9.17, 15) is 8.42 Å². The van der Waals surface area contributed by atoms with Crippen LogP contribution in [0, 0.1) is 0 Å². The van der Waals surface area contributed by atoms with Crippen molar-refractivity contribution in [3.05, 3.63) is 52.6 Å². The van der Waals surface area contributed by atoms with Crippen molar-refractivity contribution in [2.45, 2.75) is 18.2 Å². The summed E-state index contributed by atoms with van der Waals surface area (Å²) in [7, 11) is -3.77. The summed E-state index contributed by atoms with van der Waals surface area (Å²) in [5.41, 5.74) is 0.663. The van der Waals surface area contributed by atoms with E-state index in [2.05, 4.69) is 25.8 Å². The largest absolute Gasteiger partial charge is 0.336 e. The first-order valence-electron chi connectivity index (χ1n) is 6.67. The van der Waals surface area contributed by atoms with Gasteiger partial charge in [0, 0.05) is 5.39 Å². The molecular weight excluding hydrogens is 368 g/mol. The molecule has 0 atom stereocenters. The number of nitrogens with zero attached hydrogens (tertiary/aromatic N) is 1. The van der Waals surface area contributed by atoms with Crippen molar-refractivity contribution in [3.8, 4) is 0 Å². The molecule has 1 N–H and O–H groups in total. The Labute approximate surface area is 136 Å². The van der Waals surface area contributed by atoms with Gasteiger partial charge >= 0.3 is 0 Å². The van der Waals surface area contributed by atoms with Crippen LogP contribution in [0.15, 0.2) is 56.4 Å². The molecule has 5 nitrogen and oxygen atoms in total. The third kappa shape index (κ3) is 2.62. The average Bonchev–Trinajstić information content (AvgIpc) is 2.86. The second-order valence-corrected chi connectivity index (χ2v) is 7.15. The van der Waals surface area contributed by atoms with Crippen molar-refractivity contribution in [2.75, 3.05) is 4.72 Å². The molecule has 2 aromatic carbocycles. The van der Waals surface area contributed by atoms with Crippen molar-refractivity contribution < 1.29 is 12.9 Å². The summed E-state index contributed by atoms with van der Waals surface area (Å²) in [5, 5.41) is 5.34. The number of rotatable bonds is 4. The SMILES string of the molecule is CCc1noc(NS(=O)(=O)c2cccc3ccccc23)c1Br. The first-order chi connectivity index (χ1) is 10.5. The molecular formula is C15H13BrN2O3S. The van der Waals surface area contributed by atoms with Crippen molar-refractivity contribution in [1.82, 2.24) is 5.16 Å². The van der Waals surface area contributed by atoms with Gasteiger partial charge in [0.1, 0.15) is 4.47 Å². The molecule has 22 heavy (non-hydrogen) atoms. The van der Waals surface area contributed by atoms with Crippen LogP contribution in [-0.2, 0) is 16.4 Å². The van der Waals surface area contributed by atoms with E-state index in [4.69, 9.17) is 4.52 Å². The molecule has 1 heterocycles. The van der Waals surface area contributed by atoms with Gasteiger partial charge in [-0.1, -0.05) is 48.5 Å². The normalized spacial score (nSPS) is 11.7. The lowest BCUT2D eigenvalue weighted by Gasteiger charge is -2.08. The highest BCUT2D eigenvalue weighted by Crippen LogP contribution is 2.30. The number of halogens is 1. The predicted molar refractivity (Wildman–Crippen MR) is 88.3 cm³/mol. The number of sulfonamides is 1. The second-order valence-electron chi connectivity index (χ2n) is 4.71. The molecule has 3 rings (SSSR count). The van der Waals surface area contributed by atoms with Crippen molar-refractivity contribution in [2.24, 2.45) is 0 Å². The van der Waals surface area contributed by atoms with Gasteiger partial charge < -0.3 is 4.52 Å². The fraction of sp³-hybridized carbons (Fsp3) is 0.133. The maximum Gasteiger partial charge on any atom is 0.264 e. The molecule has 0 amide bonds. The van der Waals surface area contributed by atoms with Crippen LogP contribution in [0.5, 0.6) is 0 Å². The number of hydrogen-bond acceptors (Lipinski definition) is 4. The maximum atomic E-state index is 12.6. The molecule has 0 spiro atoms. The number of fused-ring (bicyclic) bond motifs is 1. The van der Waals surface area contributed by atoms with E-state index < -0.39 is 10.0 Å². The summed E-state index contributed by atoms with van der Waals surface area (Å²) in [6.45, 7) is 1.91. The van der Waals surface area contributed by atoms with Crippen LogP contribution < -0.4 is 4.72 Å². The molecule has 0 aliphatic carbocycles. The summed E-state index contributed by atoms with van der Waals surface area (Å²) in [5.74, 6) is 0.0878. The van der Waals surface area contributed by atoms with Crippen molar-refractivity contribution >= 4 is 42.6 Å². The Morgan fingerprint density at radius 1 is 1.18 bits per heavy atom. The monoisotopic (exact) mass is 380 g/mol. The van der Waals surface area contributed by atoms with Gasteiger partial charge in [-0.15, -0.1) is 0 Å². The van der Waals surface area contributed by atoms with E-state index >= 15 is 0 Å². The highest BCUT2D eigenvalue weighted by molar-refractivity contribution is 9.10. The van der Waals surface area contributed by atoms with Crippen molar-refractivity contribution in [3.63, 3.8) is 0 Å². The minimum atomic E-state index is -3.77. The lowest BCUT2D eigenvalue weighted by atomic mass is 10.1. The minimum absolute atomic E-state index is 0.0878. The number of benzene rings is 2.